The van der Waals surface area contributed by atoms with Crippen LogP contribution in [0.15, 0.2) is 48.8 Å². The molecule has 3 aromatic heterocycles. The molecule has 0 atom stereocenters. The molecular formula is C26H22FN3O3. The van der Waals surface area contributed by atoms with Gasteiger partial charge in [-0.05, 0) is 53.4 Å². The first-order chi connectivity index (χ1) is 15.9. The lowest BCUT2D eigenvalue weighted by Crippen LogP contribution is -2.13. The van der Waals surface area contributed by atoms with Gasteiger partial charge in [0.05, 0.1) is 17.8 Å². The molecule has 6 rings (SSSR count). The molecular weight excluding hydrogens is 421 g/mol. The smallest absolute Gasteiger partial charge is 0.352 e. The van der Waals surface area contributed by atoms with E-state index in [9.17, 15) is 14.3 Å². The minimum atomic E-state index is -1.06. The predicted molar refractivity (Wildman–Crippen MR) is 126 cm³/mol. The largest absolute Gasteiger partial charge is 0.490 e. The normalized spacial score (nSPS) is 13.2. The van der Waals surface area contributed by atoms with E-state index in [1.807, 2.05) is 44.3 Å². The van der Waals surface area contributed by atoms with E-state index in [2.05, 4.69) is 14.5 Å². The third kappa shape index (κ3) is 2.81. The van der Waals surface area contributed by atoms with Crippen LogP contribution in [0.2, 0.25) is 0 Å². The first-order valence-electron chi connectivity index (χ1n) is 10.9. The van der Waals surface area contributed by atoms with Crippen LogP contribution in [0, 0.1) is 5.82 Å². The van der Waals surface area contributed by atoms with E-state index in [1.165, 1.54) is 12.1 Å². The molecule has 1 aliphatic heterocycles. The molecule has 5 aromatic rings. The lowest BCUT2D eigenvalue weighted by atomic mass is 9.89. The maximum absolute atomic E-state index is 14.5. The number of rotatable bonds is 4. The topological polar surface area (TPSA) is 83.0 Å². The number of nitrogens with one attached hydrogen (secondary N) is 2. The van der Waals surface area contributed by atoms with Crippen LogP contribution in [0.3, 0.4) is 0 Å². The zero-order chi connectivity index (χ0) is 22.9. The number of benzene rings is 2. The summed E-state index contributed by atoms with van der Waals surface area (Å²) in [6.07, 6.45) is 3.77. The molecule has 0 saturated heterocycles. The molecule has 0 unspecified atom stereocenters. The SMILES string of the molecule is CC(C)c1c(-c2cc(F)cc3[nH]ccc23)[nH]c(C(=O)O)c1-c1ccc2c3c1ccn3CCO2. The third-order valence-electron chi connectivity index (χ3n) is 6.48. The lowest BCUT2D eigenvalue weighted by molar-refractivity contribution is 0.0692. The number of halogens is 1. The molecule has 6 nitrogen and oxygen atoms in total. The number of ether oxygens (including phenoxy) is 1. The van der Waals surface area contributed by atoms with Gasteiger partial charge in [-0.3, -0.25) is 0 Å². The molecule has 0 bridgehead atoms. The van der Waals surface area contributed by atoms with Crippen LogP contribution in [-0.2, 0) is 6.54 Å². The number of carboxylic acid groups (broad SMARTS) is 1. The first-order valence-corrected chi connectivity index (χ1v) is 10.9. The predicted octanol–water partition coefficient (Wildman–Crippen LogP) is 6.14. The van der Waals surface area contributed by atoms with Gasteiger partial charge in [-0.15, -0.1) is 0 Å². The van der Waals surface area contributed by atoms with E-state index in [4.69, 9.17) is 4.74 Å². The summed E-state index contributed by atoms with van der Waals surface area (Å²) < 4.78 is 22.5. The van der Waals surface area contributed by atoms with Crippen molar-refractivity contribution in [2.75, 3.05) is 6.61 Å². The number of hydrogen-bond donors (Lipinski definition) is 3. The molecule has 1 aliphatic rings. The van der Waals surface area contributed by atoms with Crippen LogP contribution in [0.4, 0.5) is 4.39 Å². The Balaban J connectivity index is 1.71. The third-order valence-corrected chi connectivity index (χ3v) is 6.48. The van der Waals surface area contributed by atoms with Crippen molar-refractivity contribution in [1.29, 1.82) is 0 Å². The van der Waals surface area contributed by atoms with Crippen LogP contribution in [0.25, 0.3) is 44.2 Å². The average molecular weight is 443 g/mol. The van der Waals surface area contributed by atoms with Crippen molar-refractivity contribution in [3.63, 3.8) is 0 Å². The molecule has 0 aliphatic carbocycles. The van der Waals surface area contributed by atoms with E-state index < -0.39 is 5.97 Å². The second kappa shape index (κ2) is 7.00. The van der Waals surface area contributed by atoms with Gasteiger partial charge in [0, 0.05) is 39.8 Å². The van der Waals surface area contributed by atoms with E-state index >= 15 is 0 Å². The molecule has 33 heavy (non-hydrogen) atoms. The van der Waals surface area contributed by atoms with Crippen molar-refractivity contribution >= 4 is 27.8 Å². The minimum absolute atomic E-state index is 0.0161. The van der Waals surface area contributed by atoms with E-state index in [1.54, 1.807) is 6.20 Å². The minimum Gasteiger partial charge on any atom is -0.490 e. The Hall–Kier alpha value is -4.00. The number of fused-ring (bicyclic) bond motifs is 1. The van der Waals surface area contributed by atoms with Crippen LogP contribution < -0.4 is 4.74 Å². The highest BCUT2D eigenvalue weighted by molar-refractivity contribution is 6.08. The fourth-order valence-electron chi connectivity index (χ4n) is 5.15. The molecule has 3 N–H and O–H groups in total. The summed E-state index contributed by atoms with van der Waals surface area (Å²) in [7, 11) is 0. The van der Waals surface area contributed by atoms with Crippen molar-refractivity contribution in [3.05, 3.63) is 65.9 Å². The standard InChI is InChI=1S/C26H22FN3O3/c1-13(2)21-22(16-3-4-20-25-17(16)6-8-30(25)9-10-33-20)24(26(31)32)29-23(21)18-11-14(27)12-19-15(18)5-7-28-19/h3-8,11-13,28-29H,9-10H2,1-2H3,(H,31,32). The Labute approximate surface area is 188 Å². The highest BCUT2D eigenvalue weighted by Crippen LogP contribution is 2.45. The summed E-state index contributed by atoms with van der Waals surface area (Å²) in [5, 5.41) is 11.9. The quantitative estimate of drug-likeness (QED) is 0.312. The van der Waals surface area contributed by atoms with Crippen molar-refractivity contribution in [3.8, 4) is 28.1 Å². The summed E-state index contributed by atoms with van der Waals surface area (Å²) in [6, 6.07) is 10.6. The van der Waals surface area contributed by atoms with Gasteiger partial charge in [-0.1, -0.05) is 13.8 Å². The maximum Gasteiger partial charge on any atom is 0.352 e. The van der Waals surface area contributed by atoms with Crippen molar-refractivity contribution in [2.24, 2.45) is 0 Å². The second-order valence-corrected chi connectivity index (χ2v) is 8.75. The number of nitrogens with zero attached hydrogens (tertiary/aromatic N) is 1. The highest BCUT2D eigenvalue weighted by Gasteiger charge is 2.29. The zero-order valence-electron chi connectivity index (χ0n) is 18.2. The number of aromatic amines is 2. The number of aromatic nitrogens is 3. The summed E-state index contributed by atoms with van der Waals surface area (Å²) in [4.78, 5) is 18.6. The molecule has 7 heteroatoms. The Kier molecular flexibility index (Phi) is 4.17. The molecule has 0 fully saturated rings. The molecule has 0 spiro atoms. The second-order valence-electron chi connectivity index (χ2n) is 8.75. The van der Waals surface area contributed by atoms with Crippen LogP contribution in [-0.4, -0.2) is 32.2 Å². The van der Waals surface area contributed by atoms with Crippen LogP contribution in [0.5, 0.6) is 5.75 Å². The van der Waals surface area contributed by atoms with E-state index in [0.717, 1.165) is 39.7 Å². The van der Waals surface area contributed by atoms with Gasteiger partial charge in [0.2, 0.25) is 0 Å². The first kappa shape index (κ1) is 19.7. The van der Waals surface area contributed by atoms with Crippen molar-refractivity contribution in [1.82, 2.24) is 14.5 Å². The fourth-order valence-corrected chi connectivity index (χ4v) is 5.15. The molecule has 0 saturated carbocycles. The van der Waals surface area contributed by atoms with Gasteiger partial charge in [-0.25, -0.2) is 9.18 Å². The van der Waals surface area contributed by atoms with Gasteiger partial charge in [0.15, 0.2) is 0 Å². The molecule has 4 heterocycles. The highest BCUT2D eigenvalue weighted by atomic mass is 19.1. The van der Waals surface area contributed by atoms with Gasteiger partial charge >= 0.3 is 5.97 Å². The van der Waals surface area contributed by atoms with Crippen LogP contribution >= 0.6 is 0 Å². The zero-order valence-corrected chi connectivity index (χ0v) is 18.2. The van der Waals surface area contributed by atoms with Gasteiger partial charge in [0.1, 0.15) is 23.9 Å². The van der Waals surface area contributed by atoms with Crippen molar-refractivity contribution < 1.29 is 19.0 Å². The van der Waals surface area contributed by atoms with E-state index in [-0.39, 0.29) is 17.4 Å². The Morgan fingerprint density at radius 2 is 2.00 bits per heavy atom. The number of hydrogen-bond acceptors (Lipinski definition) is 2. The number of H-pyrrole nitrogens is 2. The van der Waals surface area contributed by atoms with Crippen LogP contribution in [0.1, 0.15) is 35.8 Å². The summed E-state index contributed by atoms with van der Waals surface area (Å²) in [5.41, 5.74) is 5.29. The Morgan fingerprint density at radius 1 is 1.15 bits per heavy atom. The van der Waals surface area contributed by atoms with Gasteiger partial charge in [0.25, 0.3) is 0 Å². The molecule has 166 valence electrons. The molecule has 2 aromatic carbocycles. The molecule has 0 amide bonds. The summed E-state index contributed by atoms with van der Waals surface area (Å²) >= 11 is 0. The van der Waals surface area contributed by atoms with E-state index in [0.29, 0.717) is 28.9 Å². The summed E-state index contributed by atoms with van der Waals surface area (Å²) in [5.74, 6) is -0.661. The maximum atomic E-state index is 14.5. The Bertz CT molecular complexity index is 1570. The summed E-state index contributed by atoms with van der Waals surface area (Å²) in [6.45, 7) is 5.40. The fraction of sp³-hybridized carbons (Fsp3) is 0.192. The average Bonchev–Trinajstić information content (AvgIpc) is 3.51. The van der Waals surface area contributed by atoms with Gasteiger partial charge < -0.3 is 24.4 Å². The number of aromatic carboxylic acids is 1. The number of carbonyl (C=O) groups is 1. The lowest BCUT2D eigenvalue weighted by Gasteiger charge is -2.19. The van der Waals surface area contributed by atoms with Crippen molar-refractivity contribution in [2.45, 2.75) is 26.3 Å². The monoisotopic (exact) mass is 443 g/mol. The number of carboxylic acids is 1. The Morgan fingerprint density at radius 3 is 2.79 bits per heavy atom. The van der Waals surface area contributed by atoms with Gasteiger partial charge in [-0.2, -0.15) is 0 Å². The molecule has 0 radical (unpaired) electrons.